The molecule has 10 rings (SSSR count). The van der Waals surface area contributed by atoms with Crippen LogP contribution in [0.1, 0.15) is 62.0 Å². The summed E-state index contributed by atoms with van der Waals surface area (Å²) in [4.78, 5) is 48.5. The fourth-order valence-electron chi connectivity index (χ4n) is 9.07. The third kappa shape index (κ3) is 10.2. The number of nitrogens with zero attached hydrogens (tertiary/aromatic N) is 6. The van der Waals surface area contributed by atoms with Crippen LogP contribution in [-0.2, 0) is 48.1 Å². The number of aryl methyl sites for hydroxylation is 1. The van der Waals surface area contributed by atoms with Crippen molar-refractivity contribution in [3.05, 3.63) is 238 Å². The van der Waals surface area contributed by atoms with Gasteiger partial charge in [-0.15, -0.1) is 0 Å². The van der Waals surface area contributed by atoms with E-state index in [0.717, 1.165) is 22.3 Å². The number of hydrogen-bond donors (Lipinski definition) is 1. The summed E-state index contributed by atoms with van der Waals surface area (Å²) >= 11 is 0. The lowest BCUT2D eigenvalue weighted by molar-refractivity contribution is -0.136. The SMILES string of the molecule is COc1cccc(Cc2nc3c(Cc4cccc(F)c4)nc(-c4ccccc4)cn3c2CC(=O)Oc2c(Cc3cccc(C)c3)nc3c(Cc4cccc(F)c4)nc(-c4ccccc4)c(CC(=O)O)n23)c1. The Bertz CT molecular complexity index is 3610. The molecule has 0 saturated heterocycles. The van der Waals surface area contributed by atoms with Gasteiger partial charge in [0.25, 0.3) is 0 Å². The molecule has 0 unspecified atom stereocenters. The largest absolute Gasteiger partial charge is 0.497 e. The molecular weight excluding hydrogens is 899 g/mol. The average molecular weight is 945 g/mol. The van der Waals surface area contributed by atoms with Crippen molar-refractivity contribution in [3.63, 3.8) is 0 Å². The van der Waals surface area contributed by atoms with Crippen LogP contribution in [0.25, 0.3) is 33.8 Å². The van der Waals surface area contributed by atoms with E-state index in [1.807, 2.05) is 133 Å². The summed E-state index contributed by atoms with van der Waals surface area (Å²) < 4.78 is 45.0. The van der Waals surface area contributed by atoms with Crippen LogP contribution in [0.3, 0.4) is 0 Å². The number of esters is 1. The molecule has 0 spiro atoms. The molecule has 0 aliphatic carbocycles. The van der Waals surface area contributed by atoms with Crippen molar-refractivity contribution in [1.29, 1.82) is 0 Å². The molecule has 0 saturated carbocycles. The number of carbonyl (C=O) groups is 2. The van der Waals surface area contributed by atoms with Crippen LogP contribution in [-0.4, -0.2) is 52.9 Å². The van der Waals surface area contributed by atoms with Gasteiger partial charge in [0, 0.05) is 43.0 Å². The van der Waals surface area contributed by atoms with Crippen LogP contribution in [0.4, 0.5) is 8.78 Å². The highest BCUT2D eigenvalue weighted by Gasteiger charge is 2.29. The van der Waals surface area contributed by atoms with Gasteiger partial charge in [0.2, 0.25) is 5.88 Å². The van der Waals surface area contributed by atoms with Gasteiger partial charge in [-0.05, 0) is 65.6 Å². The number of aliphatic carboxylic acids is 1. The number of carboxylic acids is 1. The maximum atomic E-state index is 15.1. The van der Waals surface area contributed by atoms with Gasteiger partial charge in [-0.1, -0.05) is 127 Å². The molecule has 0 aliphatic rings. The maximum absolute atomic E-state index is 15.1. The van der Waals surface area contributed by atoms with E-state index in [0.29, 0.717) is 74.4 Å². The van der Waals surface area contributed by atoms with E-state index in [1.165, 1.54) is 24.3 Å². The minimum absolute atomic E-state index is 0.0319. The molecule has 10 aromatic rings. The smallest absolute Gasteiger partial charge is 0.318 e. The number of ether oxygens (including phenoxy) is 2. The zero-order valence-electron chi connectivity index (χ0n) is 38.9. The molecule has 4 aromatic heterocycles. The maximum Gasteiger partial charge on any atom is 0.318 e. The van der Waals surface area contributed by atoms with Crippen LogP contribution in [0, 0.1) is 18.6 Å². The Balaban J connectivity index is 1.17. The van der Waals surface area contributed by atoms with E-state index in [9.17, 15) is 18.7 Å². The minimum Gasteiger partial charge on any atom is -0.497 e. The number of imidazole rings is 2. The second kappa shape index (κ2) is 20.0. The average Bonchev–Trinajstić information content (AvgIpc) is 3.89. The fourth-order valence-corrected chi connectivity index (χ4v) is 9.07. The Kier molecular flexibility index (Phi) is 12.9. The van der Waals surface area contributed by atoms with Crippen molar-refractivity contribution in [2.45, 2.75) is 45.4 Å². The summed E-state index contributed by atoms with van der Waals surface area (Å²) in [5, 5.41) is 10.5. The third-order valence-electron chi connectivity index (χ3n) is 12.2. The predicted molar refractivity (Wildman–Crippen MR) is 266 cm³/mol. The summed E-state index contributed by atoms with van der Waals surface area (Å²) in [7, 11) is 1.60. The van der Waals surface area contributed by atoms with E-state index in [-0.39, 0.29) is 48.7 Å². The van der Waals surface area contributed by atoms with Crippen LogP contribution in [0.5, 0.6) is 11.6 Å². The molecule has 352 valence electrons. The van der Waals surface area contributed by atoms with Gasteiger partial charge in [-0.3, -0.25) is 18.4 Å². The number of methoxy groups -OCH3 is 1. The van der Waals surface area contributed by atoms with E-state index in [4.69, 9.17) is 29.4 Å². The van der Waals surface area contributed by atoms with Gasteiger partial charge >= 0.3 is 11.9 Å². The number of carbonyl (C=O) groups excluding carboxylic acids is 1. The molecule has 0 fully saturated rings. The van der Waals surface area contributed by atoms with Crippen molar-refractivity contribution < 1.29 is 33.0 Å². The number of fused-ring (bicyclic) bond motifs is 2. The van der Waals surface area contributed by atoms with E-state index in [2.05, 4.69) is 0 Å². The molecular formula is C58H46F2N6O5. The van der Waals surface area contributed by atoms with E-state index < -0.39 is 24.2 Å². The summed E-state index contributed by atoms with van der Waals surface area (Å²) in [6.45, 7) is 1.98. The Labute approximate surface area is 407 Å². The summed E-state index contributed by atoms with van der Waals surface area (Å²) in [5.41, 5.74) is 9.89. The molecule has 13 heteroatoms. The Morgan fingerprint density at radius 1 is 0.563 bits per heavy atom. The van der Waals surface area contributed by atoms with Crippen molar-refractivity contribution in [1.82, 2.24) is 28.7 Å². The number of hydrogen-bond acceptors (Lipinski definition) is 8. The lowest BCUT2D eigenvalue weighted by atomic mass is 10.1. The zero-order chi connectivity index (χ0) is 49.0. The summed E-state index contributed by atoms with van der Waals surface area (Å²) in [5.74, 6) is -1.94. The molecule has 6 aromatic carbocycles. The lowest BCUT2D eigenvalue weighted by Crippen LogP contribution is -2.18. The molecule has 71 heavy (non-hydrogen) atoms. The first-order valence-electron chi connectivity index (χ1n) is 23.1. The highest BCUT2D eigenvalue weighted by Crippen LogP contribution is 2.34. The second-order valence-electron chi connectivity index (χ2n) is 17.4. The van der Waals surface area contributed by atoms with Crippen LogP contribution in [0.15, 0.2) is 164 Å². The molecule has 0 bridgehead atoms. The highest BCUT2D eigenvalue weighted by atomic mass is 19.1. The summed E-state index contributed by atoms with van der Waals surface area (Å²) in [6, 6.07) is 46.8. The molecule has 4 heterocycles. The van der Waals surface area contributed by atoms with Gasteiger partial charge in [0.1, 0.15) is 23.1 Å². The van der Waals surface area contributed by atoms with Crippen molar-refractivity contribution in [2.75, 3.05) is 7.11 Å². The highest BCUT2D eigenvalue weighted by molar-refractivity contribution is 5.79. The molecule has 0 aliphatic heterocycles. The first kappa shape index (κ1) is 45.9. The van der Waals surface area contributed by atoms with Gasteiger partial charge in [-0.2, -0.15) is 0 Å². The Morgan fingerprint density at radius 3 is 1.76 bits per heavy atom. The van der Waals surface area contributed by atoms with E-state index in [1.54, 1.807) is 29.7 Å². The quantitative estimate of drug-likeness (QED) is 0.0940. The molecule has 11 nitrogen and oxygen atoms in total. The standard InChI is InChI=1S/C58H46F2N6O5/c1-36-13-9-14-37(25-36)32-49-58(66-52(33-53(67)68)55(42-20-7-4-8-21-42)62-48(57(66)64-49)31-39-16-11-23-44(60)27-39)71-54(69)34-51-46(29-40-17-12-24-45(28-40)70-2)63-56-47(30-38-15-10-22-43(59)26-38)61-50(35-65(51)56)41-18-5-3-6-19-41/h3-28,35H,29-34H2,1-2H3,(H,67,68). The van der Waals surface area contributed by atoms with Gasteiger partial charge in [0.15, 0.2) is 11.3 Å². The fraction of sp³-hybridized carbons (Fsp3) is 0.138. The molecule has 1 N–H and O–H groups in total. The Hall–Kier alpha value is -8.84. The lowest BCUT2D eigenvalue weighted by Gasteiger charge is -2.16. The van der Waals surface area contributed by atoms with Crippen LogP contribution < -0.4 is 9.47 Å². The molecule has 0 atom stereocenters. The topological polar surface area (TPSA) is 133 Å². The third-order valence-corrected chi connectivity index (χ3v) is 12.2. The van der Waals surface area contributed by atoms with Crippen molar-refractivity contribution >= 4 is 23.2 Å². The minimum atomic E-state index is -1.14. The van der Waals surface area contributed by atoms with Gasteiger partial charge < -0.3 is 14.6 Å². The normalized spacial score (nSPS) is 11.3. The number of aromatic nitrogens is 6. The first-order valence-corrected chi connectivity index (χ1v) is 23.1. The van der Waals surface area contributed by atoms with Crippen molar-refractivity contribution in [2.24, 2.45) is 0 Å². The number of carboxylic acid groups (broad SMARTS) is 1. The monoisotopic (exact) mass is 944 g/mol. The Morgan fingerprint density at radius 2 is 1.13 bits per heavy atom. The first-order chi connectivity index (χ1) is 34.5. The number of benzene rings is 6. The second-order valence-corrected chi connectivity index (χ2v) is 17.4. The number of rotatable bonds is 16. The number of halogens is 2. The zero-order valence-corrected chi connectivity index (χ0v) is 38.9. The molecule has 0 radical (unpaired) electrons. The van der Waals surface area contributed by atoms with E-state index >= 15 is 4.79 Å². The molecule has 0 amide bonds. The van der Waals surface area contributed by atoms with Gasteiger partial charge in [-0.25, -0.2) is 28.7 Å². The van der Waals surface area contributed by atoms with Crippen LogP contribution in [0.2, 0.25) is 0 Å². The van der Waals surface area contributed by atoms with Gasteiger partial charge in [0.05, 0.1) is 59.8 Å². The van der Waals surface area contributed by atoms with Crippen LogP contribution >= 0.6 is 0 Å². The summed E-state index contributed by atoms with van der Waals surface area (Å²) in [6.07, 6.45) is 1.94. The van der Waals surface area contributed by atoms with Crippen molar-refractivity contribution in [3.8, 4) is 34.1 Å². The predicted octanol–water partition coefficient (Wildman–Crippen LogP) is 10.8.